The van der Waals surface area contributed by atoms with Crippen molar-refractivity contribution in [3.8, 4) is 0 Å². The summed E-state index contributed by atoms with van der Waals surface area (Å²) in [4.78, 5) is 6.55. The first-order chi connectivity index (χ1) is 6.70. The summed E-state index contributed by atoms with van der Waals surface area (Å²) in [6.45, 7) is 7.43. The third kappa shape index (κ3) is 2.16. The van der Waals surface area contributed by atoms with E-state index in [-0.39, 0.29) is 0 Å². The van der Waals surface area contributed by atoms with Gasteiger partial charge in [-0.2, -0.15) is 0 Å². The van der Waals surface area contributed by atoms with Crippen LogP contribution in [0.25, 0.3) is 0 Å². The van der Waals surface area contributed by atoms with Crippen LogP contribution in [-0.2, 0) is 0 Å². The zero-order valence-corrected chi connectivity index (χ0v) is 9.20. The quantitative estimate of drug-likeness (QED) is 0.797. The number of hydrogen-bond donors (Lipinski definition) is 1. The summed E-state index contributed by atoms with van der Waals surface area (Å²) in [7, 11) is 0. The van der Waals surface area contributed by atoms with E-state index in [1.54, 1.807) is 6.20 Å². The third-order valence-electron chi connectivity index (χ3n) is 2.55. The van der Waals surface area contributed by atoms with Gasteiger partial charge in [-0.05, 0) is 32.4 Å². The number of nitrogen functional groups attached to an aromatic ring is 1. The Morgan fingerprint density at radius 2 is 2.21 bits per heavy atom. The summed E-state index contributed by atoms with van der Waals surface area (Å²) in [5, 5.41) is 0. The molecule has 0 aliphatic heterocycles. The fraction of sp³-hybridized carbons (Fsp3) is 0.545. The van der Waals surface area contributed by atoms with Gasteiger partial charge in [-0.25, -0.2) is 4.98 Å². The molecule has 1 unspecified atom stereocenters. The van der Waals surface area contributed by atoms with E-state index in [1.807, 2.05) is 12.1 Å². The van der Waals surface area contributed by atoms with Crippen molar-refractivity contribution in [2.24, 2.45) is 0 Å². The smallest absolute Gasteiger partial charge is 0.151 e. The van der Waals surface area contributed by atoms with Gasteiger partial charge in [-0.1, -0.05) is 6.92 Å². The number of pyridine rings is 1. The molecule has 14 heavy (non-hydrogen) atoms. The van der Waals surface area contributed by atoms with E-state index < -0.39 is 0 Å². The van der Waals surface area contributed by atoms with Gasteiger partial charge >= 0.3 is 0 Å². The molecule has 0 aliphatic rings. The molecule has 3 heteroatoms. The number of aromatic nitrogens is 1. The predicted molar refractivity (Wildman–Crippen MR) is 61.4 cm³/mol. The average molecular weight is 193 g/mol. The van der Waals surface area contributed by atoms with Crippen molar-refractivity contribution in [2.75, 3.05) is 17.2 Å². The Morgan fingerprint density at radius 1 is 1.50 bits per heavy atom. The molecule has 1 aromatic heterocycles. The van der Waals surface area contributed by atoms with E-state index in [9.17, 15) is 0 Å². The molecule has 0 amide bonds. The van der Waals surface area contributed by atoms with Crippen molar-refractivity contribution >= 4 is 11.5 Å². The van der Waals surface area contributed by atoms with Crippen LogP contribution in [0, 0.1) is 0 Å². The topological polar surface area (TPSA) is 42.2 Å². The lowest BCUT2D eigenvalue weighted by molar-refractivity contribution is 0.624. The third-order valence-corrected chi connectivity index (χ3v) is 2.55. The number of anilines is 2. The van der Waals surface area contributed by atoms with Gasteiger partial charge in [0.1, 0.15) is 0 Å². The van der Waals surface area contributed by atoms with E-state index in [1.165, 1.54) is 0 Å². The molecule has 0 bridgehead atoms. The van der Waals surface area contributed by atoms with Crippen LogP contribution in [0.15, 0.2) is 18.3 Å². The predicted octanol–water partition coefficient (Wildman–Crippen LogP) is 2.29. The summed E-state index contributed by atoms with van der Waals surface area (Å²) in [5.74, 6) is 0.907. The van der Waals surface area contributed by atoms with Crippen LogP contribution in [0.5, 0.6) is 0 Å². The number of nitrogens with two attached hydrogens (primary N) is 1. The Balaban J connectivity index is 2.94. The minimum Gasteiger partial charge on any atom is -0.396 e. The number of hydrogen-bond acceptors (Lipinski definition) is 3. The highest BCUT2D eigenvalue weighted by molar-refractivity contribution is 5.62. The van der Waals surface area contributed by atoms with Gasteiger partial charge in [0.15, 0.2) is 5.82 Å². The van der Waals surface area contributed by atoms with Crippen molar-refractivity contribution in [2.45, 2.75) is 33.2 Å². The van der Waals surface area contributed by atoms with Crippen molar-refractivity contribution in [1.29, 1.82) is 0 Å². The minimum absolute atomic E-state index is 0.484. The molecule has 1 atom stereocenters. The van der Waals surface area contributed by atoms with Gasteiger partial charge in [-0.3, -0.25) is 0 Å². The van der Waals surface area contributed by atoms with Crippen molar-refractivity contribution in [1.82, 2.24) is 4.98 Å². The average Bonchev–Trinajstić information content (AvgIpc) is 2.21. The lowest BCUT2D eigenvalue weighted by atomic mass is 10.2. The first-order valence-corrected chi connectivity index (χ1v) is 5.17. The zero-order chi connectivity index (χ0) is 10.6. The highest BCUT2D eigenvalue weighted by Gasteiger charge is 2.13. The second kappa shape index (κ2) is 4.84. The normalized spacial score (nSPS) is 12.5. The number of nitrogens with zero attached hydrogens (tertiary/aromatic N) is 2. The van der Waals surface area contributed by atoms with E-state index in [0.29, 0.717) is 6.04 Å². The molecule has 0 saturated heterocycles. The molecule has 0 saturated carbocycles. The molecule has 1 heterocycles. The van der Waals surface area contributed by atoms with Gasteiger partial charge < -0.3 is 10.6 Å². The van der Waals surface area contributed by atoms with Crippen LogP contribution < -0.4 is 10.6 Å². The Bertz CT molecular complexity index is 286. The fourth-order valence-electron chi connectivity index (χ4n) is 1.54. The molecule has 78 valence electrons. The minimum atomic E-state index is 0.484. The van der Waals surface area contributed by atoms with Crippen molar-refractivity contribution < 1.29 is 0 Å². The van der Waals surface area contributed by atoms with Crippen LogP contribution >= 0.6 is 0 Å². The maximum Gasteiger partial charge on any atom is 0.151 e. The van der Waals surface area contributed by atoms with Crippen LogP contribution in [0.4, 0.5) is 11.5 Å². The Labute approximate surface area is 85.9 Å². The van der Waals surface area contributed by atoms with Crippen LogP contribution in [-0.4, -0.2) is 17.6 Å². The molecular formula is C11H19N3. The van der Waals surface area contributed by atoms with Gasteiger partial charge in [-0.15, -0.1) is 0 Å². The first-order valence-electron chi connectivity index (χ1n) is 5.17. The zero-order valence-electron chi connectivity index (χ0n) is 9.20. The van der Waals surface area contributed by atoms with E-state index >= 15 is 0 Å². The molecule has 0 radical (unpaired) electrons. The lowest BCUT2D eigenvalue weighted by Crippen LogP contribution is -2.33. The van der Waals surface area contributed by atoms with E-state index in [4.69, 9.17) is 5.73 Å². The standard InChI is InChI=1S/C11H19N3/c1-4-9(3)14(5-2)11-10(12)7-6-8-13-11/h6-9H,4-5,12H2,1-3H3. The van der Waals surface area contributed by atoms with Gasteiger partial charge in [0.05, 0.1) is 5.69 Å². The Morgan fingerprint density at radius 3 is 2.71 bits per heavy atom. The van der Waals surface area contributed by atoms with Crippen molar-refractivity contribution in [3.63, 3.8) is 0 Å². The monoisotopic (exact) mass is 193 g/mol. The number of rotatable bonds is 4. The largest absolute Gasteiger partial charge is 0.396 e. The summed E-state index contributed by atoms with van der Waals surface area (Å²) < 4.78 is 0. The van der Waals surface area contributed by atoms with Gasteiger partial charge in [0.2, 0.25) is 0 Å². The summed E-state index contributed by atoms with van der Waals surface area (Å²) in [6.07, 6.45) is 2.89. The molecule has 0 aliphatic carbocycles. The molecular weight excluding hydrogens is 174 g/mol. The maximum absolute atomic E-state index is 5.89. The molecule has 0 spiro atoms. The molecule has 0 fully saturated rings. The van der Waals surface area contributed by atoms with Crippen LogP contribution in [0.3, 0.4) is 0 Å². The SMILES string of the molecule is CCC(C)N(CC)c1ncccc1N. The van der Waals surface area contributed by atoms with E-state index in [0.717, 1.165) is 24.5 Å². The van der Waals surface area contributed by atoms with Crippen molar-refractivity contribution in [3.05, 3.63) is 18.3 Å². The van der Waals surface area contributed by atoms with Crippen LogP contribution in [0.1, 0.15) is 27.2 Å². The lowest BCUT2D eigenvalue weighted by Gasteiger charge is -2.29. The highest BCUT2D eigenvalue weighted by atomic mass is 15.2. The van der Waals surface area contributed by atoms with E-state index in [2.05, 4.69) is 30.7 Å². The molecule has 2 N–H and O–H groups in total. The highest BCUT2D eigenvalue weighted by Crippen LogP contribution is 2.21. The Hall–Kier alpha value is -1.25. The summed E-state index contributed by atoms with van der Waals surface area (Å²) >= 11 is 0. The van der Waals surface area contributed by atoms with Gasteiger partial charge in [0.25, 0.3) is 0 Å². The molecule has 3 nitrogen and oxygen atoms in total. The fourth-order valence-corrected chi connectivity index (χ4v) is 1.54. The summed E-state index contributed by atoms with van der Waals surface area (Å²) in [5.41, 5.74) is 6.64. The maximum atomic E-state index is 5.89. The first kappa shape index (κ1) is 10.8. The molecule has 1 aromatic rings. The van der Waals surface area contributed by atoms with Crippen LogP contribution in [0.2, 0.25) is 0 Å². The molecule has 1 rings (SSSR count). The van der Waals surface area contributed by atoms with Gasteiger partial charge in [0, 0.05) is 18.8 Å². The Kier molecular flexibility index (Phi) is 3.74. The second-order valence-corrected chi connectivity index (χ2v) is 3.46. The molecule has 0 aromatic carbocycles. The summed E-state index contributed by atoms with van der Waals surface area (Å²) in [6, 6.07) is 4.24. The second-order valence-electron chi connectivity index (χ2n) is 3.46.